The molecule has 1 heterocycles. The number of halogens is 8. The fourth-order valence-electron chi connectivity index (χ4n) is 2.64. The molecule has 0 amide bonds. The fraction of sp³-hybridized carbons (Fsp3) is 0.571. The highest BCUT2D eigenvalue weighted by atomic mass is 79.9. The third-order valence-electron chi connectivity index (χ3n) is 3.53. The van der Waals surface area contributed by atoms with E-state index < -0.39 is 30.8 Å². The number of ether oxygens (including phenoxy) is 1. The number of piperazine rings is 1. The Balaban J connectivity index is 0.00000312. The summed E-state index contributed by atoms with van der Waals surface area (Å²) in [6, 6.07) is 2.40. The summed E-state index contributed by atoms with van der Waals surface area (Å²) in [5.41, 5.74) is 0.128. The van der Waals surface area contributed by atoms with Gasteiger partial charge in [-0.3, -0.25) is 4.90 Å². The van der Waals surface area contributed by atoms with E-state index in [9.17, 15) is 26.3 Å². The van der Waals surface area contributed by atoms with Gasteiger partial charge in [0.1, 0.15) is 5.75 Å². The molecular weight excluding hydrogens is 442 g/mol. The van der Waals surface area contributed by atoms with Crippen LogP contribution in [0.5, 0.6) is 5.75 Å². The molecule has 0 saturated carbocycles. The Morgan fingerprint density at radius 1 is 1.08 bits per heavy atom. The van der Waals surface area contributed by atoms with E-state index in [0.717, 1.165) is 12.1 Å². The van der Waals surface area contributed by atoms with E-state index in [1.807, 2.05) is 0 Å². The highest BCUT2D eigenvalue weighted by Gasteiger charge is 2.37. The van der Waals surface area contributed by atoms with Crippen molar-refractivity contribution < 1.29 is 31.1 Å². The molecule has 3 nitrogen and oxygen atoms in total. The molecule has 0 aliphatic carbocycles. The van der Waals surface area contributed by atoms with Gasteiger partial charge in [-0.1, -0.05) is 15.9 Å². The summed E-state index contributed by atoms with van der Waals surface area (Å²) in [5.74, 6) is -0.547. The van der Waals surface area contributed by atoms with E-state index >= 15 is 0 Å². The second-order valence-electron chi connectivity index (χ2n) is 5.39. The lowest BCUT2D eigenvalue weighted by Gasteiger charge is -2.36. The molecule has 0 spiro atoms. The summed E-state index contributed by atoms with van der Waals surface area (Å²) in [6.45, 7) is 1.80. The van der Waals surface area contributed by atoms with Gasteiger partial charge in [-0.2, -0.15) is 13.2 Å². The van der Waals surface area contributed by atoms with Crippen LogP contribution in [0, 0.1) is 0 Å². The molecule has 0 aromatic heterocycles. The van der Waals surface area contributed by atoms with Crippen LogP contribution in [0.25, 0.3) is 0 Å². The molecule has 1 saturated heterocycles. The third-order valence-corrected chi connectivity index (χ3v) is 3.99. The van der Waals surface area contributed by atoms with Gasteiger partial charge in [-0.15, -0.1) is 25.6 Å². The Morgan fingerprint density at radius 2 is 1.68 bits per heavy atom. The van der Waals surface area contributed by atoms with Crippen LogP contribution >= 0.6 is 28.3 Å². The van der Waals surface area contributed by atoms with Crippen LogP contribution in [-0.4, -0.2) is 43.6 Å². The molecule has 1 aliphatic heterocycles. The van der Waals surface area contributed by atoms with Gasteiger partial charge in [0.2, 0.25) is 0 Å². The van der Waals surface area contributed by atoms with Gasteiger partial charge in [-0.05, 0) is 23.8 Å². The van der Waals surface area contributed by atoms with Crippen LogP contribution in [0.15, 0.2) is 22.7 Å². The number of rotatable bonds is 4. The number of hydrogen-bond donors (Lipinski definition) is 1. The summed E-state index contributed by atoms with van der Waals surface area (Å²) < 4.78 is 80.1. The fourth-order valence-corrected chi connectivity index (χ4v) is 3.13. The first-order valence-electron chi connectivity index (χ1n) is 7.11. The van der Waals surface area contributed by atoms with Crippen LogP contribution in [0.1, 0.15) is 18.0 Å². The Bertz CT molecular complexity index is 563. The van der Waals surface area contributed by atoms with Crippen LogP contribution in [0.2, 0.25) is 0 Å². The second kappa shape index (κ2) is 8.79. The van der Waals surface area contributed by atoms with Crippen molar-refractivity contribution in [3.05, 3.63) is 28.2 Å². The Labute approximate surface area is 155 Å². The van der Waals surface area contributed by atoms with E-state index in [1.54, 1.807) is 4.90 Å². The molecule has 11 heteroatoms. The first kappa shape index (κ1) is 22.3. The number of hydrogen-bond acceptors (Lipinski definition) is 3. The summed E-state index contributed by atoms with van der Waals surface area (Å²) in [5, 5.41) is 3.03. The maximum absolute atomic E-state index is 13.0. The SMILES string of the molecule is Cl.FC(F)(F)C[C@@H](c1cc(Br)cc(OC(F)(F)F)c1)N1CCNCC1. The lowest BCUT2D eigenvalue weighted by atomic mass is 10.0. The maximum Gasteiger partial charge on any atom is 0.573 e. The van der Waals surface area contributed by atoms with Gasteiger partial charge in [0.25, 0.3) is 0 Å². The Morgan fingerprint density at radius 3 is 2.20 bits per heavy atom. The molecule has 0 radical (unpaired) electrons. The standard InChI is InChI=1S/C14H15BrF6N2O.ClH/c15-10-5-9(6-11(7-10)24-14(19,20)21)12(8-13(16,17)18)23-3-1-22-2-4-23;/h5-7,12,22H,1-4,8H2;1H/t12-;/m0./s1. The van der Waals surface area contributed by atoms with Crippen LogP contribution in [0.3, 0.4) is 0 Å². The molecule has 1 aliphatic rings. The summed E-state index contributed by atoms with van der Waals surface area (Å²) >= 11 is 3.03. The quantitative estimate of drug-likeness (QED) is 0.665. The van der Waals surface area contributed by atoms with Gasteiger partial charge in [0.15, 0.2) is 0 Å². The predicted octanol–water partition coefficient (Wildman–Crippen LogP) is 4.67. The molecule has 25 heavy (non-hydrogen) atoms. The van der Waals surface area contributed by atoms with Crippen LogP contribution < -0.4 is 10.1 Å². The molecule has 1 fully saturated rings. The van der Waals surface area contributed by atoms with E-state index in [2.05, 4.69) is 26.0 Å². The molecule has 1 atom stereocenters. The molecule has 0 unspecified atom stereocenters. The minimum absolute atomic E-state index is 0. The highest BCUT2D eigenvalue weighted by molar-refractivity contribution is 9.10. The maximum atomic E-state index is 13.0. The molecule has 1 aromatic rings. The molecule has 0 bridgehead atoms. The number of nitrogens with zero attached hydrogens (tertiary/aromatic N) is 1. The monoisotopic (exact) mass is 456 g/mol. The van der Waals surface area contributed by atoms with Crippen molar-refractivity contribution in [3.63, 3.8) is 0 Å². The van der Waals surface area contributed by atoms with E-state index in [0.29, 0.717) is 26.2 Å². The second-order valence-corrected chi connectivity index (χ2v) is 6.30. The van der Waals surface area contributed by atoms with Crippen molar-refractivity contribution in [2.75, 3.05) is 26.2 Å². The summed E-state index contributed by atoms with van der Waals surface area (Å²) in [6.07, 6.45) is -10.5. The average Bonchev–Trinajstić information content (AvgIpc) is 2.42. The zero-order valence-electron chi connectivity index (χ0n) is 12.8. The van der Waals surface area contributed by atoms with E-state index in [1.165, 1.54) is 6.07 Å². The number of benzene rings is 1. The van der Waals surface area contributed by atoms with Crippen molar-refractivity contribution >= 4 is 28.3 Å². The Kier molecular flexibility index (Phi) is 7.85. The van der Waals surface area contributed by atoms with E-state index in [4.69, 9.17) is 0 Å². The normalized spacial score (nSPS) is 17.7. The zero-order valence-corrected chi connectivity index (χ0v) is 15.2. The molecule has 1 N–H and O–H groups in total. The van der Waals surface area contributed by atoms with Gasteiger partial charge >= 0.3 is 12.5 Å². The minimum Gasteiger partial charge on any atom is -0.406 e. The first-order chi connectivity index (χ1) is 11.0. The van der Waals surface area contributed by atoms with Crippen LogP contribution in [-0.2, 0) is 0 Å². The third kappa shape index (κ3) is 7.59. The molecule has 144 valence electrons. The first-order valence-corrected chi connectivity index (χ1v) is 7.90. The molecular formula is C14H16BrClF6N2O. The molecule has 2 rings (SSSR count). The highest BCUT2D eigenvalue weighted by Crippen LogP contribution is 2.37. The van der Waals surface area contributed by atoms with Crippen molar-refractivity contribution in [1.29, 1.82) is 0 Å². The zero-order chi connectivity index (χ0) is 18.0. The average molecular weight is 458 g/mol. The smallest absolute Gasteiger partial charge is 0.406 e. The minimum atomic E-state index is -4.91. The van der Waals surface area contributed by atoms with Gasteiger partial charge in [-0.25, -0.2) is 0 Å². The lowest BCUT2D eigenvalue weighted by Crippen LogP contribution is -2.46. The van der Waals surface area contributed by atoms with Gasteiger partial charge in [0, 0.05) is 36.7 Å². The Hall–Kier alpha value is -0.710. The molecule has 1 aromatic carbocycles. The number of nitrogens with one attached hydrogen (secondary N) is 1. The van der Waals surface area contributed by atoms with Gasteiger partial charge < -0.3 is 10.1 Å². The predicted molar refractivity (Wildman–Crippen MR) is 85.9 cm³/mol. The summed E-state index contributed by atoms with van der Waals surface area (Å²) in [4.78, 5) is 1.61. The van der Waals surface area contributed by atoms with Crippen molar-refractivity contribution in [2.24, 2.45) is 0 Å². The van der Waals surface area contributed by atoms with Crippen LogP contribution in [0.4, 0.5) is 26.3 Å². The van der Waals surface area contributed by atoms with Crippen molar-refractivity contribution in [1.82, 2.24) is 10.2 Å². The van der Waals surface area contributed by atoms with Gasteiger partial charge in [0.05, 0.1) is 6.42 Å². The van der Waals surface area contributed by atoms with E-state index in [-0.39, 0.29) is 22.4 Å². The lowest BCUT2D eigenvalue weighted by molar-refractivity contribution is -0.274. The summed E-state index contributed by atoms with van der Waals surface area (Å²) in [7, 11) is 0. The van der Waals surface area contributed by atoms with Crippen molar-refractivity contribution in [2.45, 2.75) is 25.0 Å². The number of alkyl halides is 6. The van der Waals surface area contributed by atoms with Crippen molar-refractivity contribution in [3.8, 4) is 5.75 Å². The topological polar surface area (TPSA) is 24.5 Å². The largest absolute Gasteiger partial charge is 0.573 e.